The van der Waals surface area contributed by atoms with E-state index >= 15 is 0 Å². The van der Waals surface area contributed by atoms with Gasteiger partial charge in [-0.2, -0.15) is 0 Å². The Kier molecular flexibility index (Phi) is 5.07. The lowest BCUT2D eigenvalue weighted by Gasteiger charge is -2.18. The van der Waals surface area contributed by atoms with Crippen LogP contribution in [-0.4, -0.2) is 32.5 Å². The molecule has 0 saturated carbocycles. The average Bonchev–Trinajstić information content (AvgIpc) is 3.26. The summed E-state index contributed by atoms with van der Waals surface area (Å²) in [5.41, 5.74) is 1.95. The van der Waals surface area contributed by atoms with Crippen LogP contribution in [0, 0.1) is 17.0 Å². The van der Waals surface area contributed by atoms with Crippen LogP contribution in [0.1, 0.15) is 38.9 Å². The minimum atomic E-state index is -0.616. The van der Waals surface area contributed by atoms with Gasteiger partial charge in [0, 0.05) is 24.4 Å². The smallest absolute Gasteiger partial charge is 0.270 e. The largest absolute Gasteiger partial charge is 0.274 e. The second kappa shape index (κ2) is 7.73. The standard InChI is InChI=1S/C21H16N4O5S/c1-12-4-3-5-15(8-12)24(13(2)26)21-22-14(11-31-21)10-23-19(27)17-7-6-16(25(29)30)9-18(17)20(23)28/h3-9,11H,10H2,1-2H3. The molecule has 0 fully saturated rings. The van der Waals surface area contributed by atoms with Crippen LogP contribution < -0.4 is 4.90 Å². The van der Waals surface area contributed by atoms with Crippen molar-refractivity contribution in [2.24, 2.45) is 0 Å². The van der Waals surface area contributed by atoms with Gasteiger partial charge in [-0.25, -0.2) is 4.98 Å². The highest BCUT2D eigenvalue weighted by atomic mass is 32.1. The number of carbonyl (C=O) groups excluding carboxylic acids is 3. The van der Waals surface area contributed by atoms with Gasteiger partial charge >= 0.3 is 0 Å². The van der Waals surface area contributed by atoms with E-state index in [0.29, 0.717) is 16.5 Å². The molecule has 2 aromatic carbocycles. The number of nitro benzene ring substituents is 1. The number of benzene rings is 2. The van der Waals surface area contributed by atoms with Gasteiger partial charge in [0.25, 0.3) is 17.5 Å². The number of anilines is 2. The Labute approximate surface area is 180 Å². The molecule has 10 heteroatoms. The van der Waals surface area contributed by atoms with Gasteiger partial charge in [0.2, 0.25) is 5.91 Å². The zero-order valence-corrected chi connectivity index (χ0v) is 17.4. The number of nitrogens with zero attached hydrogens (tertiary/aromatic N) is 4. The first-order chi connectivity index (χ1) is 14.8. The predicted octanol–water partition coefficient (Wildman–Crippen LogP) is 3.84. The highest BCUT2D eigenvalue weighted by Gasteiger charge is 2.37. The van der Waals surface area contributed by atoms with Crippen molar-refractivity contribution >= 4 is 45.6 Å². The van der Waals surface area contributed by atoms with Crippen molar-refractivity contribution in [1.82, 2.24) is 9.88 Å². The van der Waals surface area contributed by atoms with E-state index in [9.17, 15) is 24.5 Å². The zero-order valence-electron chi connectivity index (χ0n) is 16.6. The van der Waals surface area contributed by atoms with Gasteiger partial charge < -0.3 is 0 Å². The van der Waals surface area contributed by atoms with Crippen LogP contribution in [-0.2, 0) is 11.3 Å². The SMILES string of the molecule is CC(=O)N(c1cccc(C)c1)c1nc(CN2C(=O)c3ccc([N+](=O)[O-])cc3C2=O)cs1. The molecule has 3 aromatic rings. The summed E-state index contributed by atoms with van der Waals surface area (Å²) in [6, 6.07) is 11.0. The first-order valence-corrected chi connectivity index (χ1v) is 10.1. The molecule has 4 rings (SSSR count). The summed E-state index contributed by atoms with van der Waals surface area (Å²) in [5.74, 6) is -1.37. The van der Waals surface area contributed by atoms with Crippen molar-refractivity contribution in [2.45, 2.75) is 20.4 Å². The Morgan fingerprint density at radius 3 is 2.58 bits per heavy atom. The summed E-state index contributed by atoms with van der Waals surface area (Å²) in [6.07, 6.45) is 0. The normalized spacial score (nSPS) is 12.8. The highest BCUT2D eigenvalue weighted by molar-refractivity contribution is 7.14. The summed E-state index contributed by atoms with van der Waals surface area (Å²) >= 11 is 1.22. The Morgan fingerprint density at radius 1 is 1.16 bits per heavy atom. The number of thiazole rings is 1. The number of hydrogen-bond donors (Lipinski definition) is 0. The number of carbonyl (C=O) groups is 3. The summed E-state index contributed by atoms with van der Waals surface area (Å²) in [6.45, 7) is 3.25. The maximum absolute atomic E-state index is 12.7. The van der Waals surface area contributed by atoms with E-state index in [4.69, 9.17) is 0 Å². The van der Waals surface area contributed by atoms with E-state index in [1.807, 2.05) is 25.1 Å². The van der Waals surface area contributed by atoms with Gasteiger partial charge in [-0.05, 0) is 30.7 Å². The molecule has 1 aliphatic rings. The fourth-order valence-electron chi connectivity index (χ4n) is 3.36. The van der Waals surface area contributed by atoms with Crippen LogP contribution in [0.3, 0.4) is 0 Å². The van der Waals surface area contributed by atoms with Crippen LogP contribution in [0.2, 0.25) is 0 Å². The Balaban J connectivity index is 1.60. The molecule has 0 aliphatic carbocycles. The molecule has 0 atom stereocenters. The molecule has 3 amide bonds. The molecule has 31 heavy (non-hydrogen) atoms. The van der Waals surface area contributed by atoms with E-state index < -0.39 is 16.7 Å². The van der Waals surface area contributed by atoms with Crippen molar-refractivity contribution in [3.05, 3.63) is 80.3 Å². The molecule has 0 unspecified atom stereocenters. The second-order valence-corrected chi connectivity index (χ2v) is 7.83. The zero-order chi connectivity index (χ0) is 22.3. The maximum atomic E-state index is 12.7. The van der Waals surface area contributed by atoms with Crippen LogP contribution in [0.15, 0.2) is 47.8 Å². The van der Waals surface area contributed by atoms with Crippen molar-refractivity contribution in [1.29, 1.82) is 0 Å². The van der Waals surface area contributed by atoms with E-state index in [2.05, 4.69) is 4.98 Å². The van der Waals surface area contributed by atoms with Crippen molar-refractivity contribution in [3.8, 4) is 0 Å². The summed E-state index contributed by atoms with van der Waals surface area (Å²) in [5, 5.41) is 13.1. The van der Waals surface area contributed by atoms with Crippen LogP contribution in [0.5, 0.6) is 0 Å². The lowest BCUT2D eigenvalue weighted by atomic mass is 10.1. The minimum absolute atomic E-state index is 0.000207. The number of non-ortho nitro benzene ring substituents is 1. The Morgan fingerprint density at radius 2 is 1.90 bits per heavy atom. The van der Waals surface area contributed by atoms with Gasteiger partial charge in [-0.1, -0.05) is 12.1 Å². The molecule has 9 nitrogen and oxygen atoms in total. The lowest BCUT2D eigenvalue weighted by Crippen LogP contribution is -2.29. The van der Waals surface area contributed by atoms with Gasteiger partial charge in [0.1, 0.15) is 0 Å². The predicted molar refractivity (Wildman–Crippen MR) is 113 cm³/mol. The summed E-state index contributed by atoms with van der Waals surface area (Å²) < 4.78 is 0. The number of hydrogen-bond acceptors (Lipinski definition) is 7. The molecule has 0 radical (unpaired) electrons. The van der Waals surface area contributed by atoms with Crippen molar-refractivity contribution < 1.29 is 19.3 Å². The number of fused-ring (bicyclic) bond motifs is 1. The van der Waals surface area contributed by atoms with E-state index in [1.54, 1.807) is 11.4 Å². The number of aryl methyl sites for hydroxylation is 1. The second-order valence-electron chi connectivity index (χ2n) is 7.00. The van der Waals surface area contributed by atoms with Gasteiger partial charge in [-0.15, -0.1) is 11.3 Å². The van der Waals surface area contributed by atoms with Crippen molar-refractivity contribution in [3.63, 3.8) is 0 Å². The first-order valence-electron chi connectivity index (χ1n) is 9.22. The van der Waals surface area contributed by atoms with Crippen molar-refractivity contribution in [2.75, 3.05) is 4.90 Å². The van der Waals surface area contributed by atoms with E-state index in [0.717, 1.165) is 16.5 Å². The fraction of sp³-hybridized carbons (Fsp3) is 0.143. The average molecular weight is 436 g/mol. The molecule has 0 saturated heterocycles. The van der Waals surface area contributed by atoms with Crippen LogP contribution in [0.4, 0.5) is 16.5 Å². The van der Waals surface area contributed by atoms with Crippen LogP contribution in [0.25, 0.3) is 0 Å². The molecule has 0 N–H and O–H groups in total. The van der Waals surface area contributed by atoms with Crippen LogP contribution >= 0.6 is 11.3 Å². The van der Waals surface area contributed by atoms with E-state index in [-0.39, 0.29) is 29.3 Å². The number of imide groups is 1. The molecule has 1 aromatic heterocycles. The quantitative estimate of drug-likeness (QED) is 0.341. The third-order valence-electron chi connectivity index (χ3n) is 4.79. The Hall–Kier alpha value is -3.92. The molecule has 0 bridgehead atoms. The third kappa shape index (κ3) is 3.68. The molecular formula is C21H16N4O5S. The van der Waals surface area contributed by atoms with Gasteiger partial charge in [0.15, 0.2) is 5.13 Å². The first kappa shape index (κ1) is 20.4. The summed E-state index contributed by atoms with van der Waals surface area (Å²) in [7, 11) is 0. The fourth-order valence-corrected chi connectivity index (χ4v) is 4.24. The molecular weight excluding hydrogens is 420 g/mol. The molecule has 0 spiro atoms. The number of amides is 3. The molecule has 156 valence electrons. The number of nitro groups is 1. The van der Waals surface area contributed by atoms with Gasteiger partial charge in [-0.3, -0.25) is 34.3 Å². The molecule has 2 heterocycles. The number of rotatable bonds is 5. The van der Waals surface area contributed by atoms with E-state index in [1.165, 1.54) is 35.3 Å². The lowest BCUT2D eigenvalue weighted by molar-refractivity contribution is -0.384. The highest BCUT2D eigenvalue weighted by Crippen LogP contribution is 2.32. The summed E-state index contributed by atoms with van der Waals surface area (Å²) in [4.78, 5) is 54.9. The monoisotopic (exact) mass is 436 g/mol. The van der Waals surface area contributed by atoms with Gasteiger partial charge in [0.05, 0.1) is 34.0 Å². The minimum Gasteiger partial charge on any atom is -0.274 e. The molecule has 1 aliphatic heterocycles. The topological polar surface area (TPSA) is 114 Å². The number of aromatic nitrogens is 1. The maximum Gasteiger partial charge on any atom is 0.270 e. The third-order valence-corrected chi connectivity index (χ3v) is 5.67. The Bertz CT molecular complexity index is 1250.